The molecule has 8 N–H and O–H groups in total. The molecule has 74 heavy (non-hydrogen) atoms. The molecule has 5 rings (SSSR count). The maximum Gasteiger partial charge on any atom is 0.246 e. The summed E-state index contributed by atoms with van der Waals surface area (Å²) in [6.45, 7) is 14.5. The van der Waals surface area contributed by atoms with E-state index in [9.17, 15) is 38.4 Å². The zero-order chi connectivity index (χ0) is 52.3. The topological polar surface area (TPSA) is 241 Å². The lowest BCUT2D eigenvalue weighted by molar-refractivity contribution is -0.142. The standard InChI is InChI=1S/C54H75N9O8.3ClH/c1-30(2)47(60-49(66)34(7)56-9)53(70)62-28-36(21-43(62)51(68)58-32(5)38-17-13-11-14-18-38)23-45(64)40-25-41(27-42(55)26-40)46(65)24-37-22-44(52(69)59-33(6)39-19-15-12-16-20-39)63(29-37)54(71)48(31(3)4)61-50(67)35(8)57-10;;;/h11-20,25-27,30-37,43-44,47-48,56-57H,21-24,28-29,55H2,1-10H3,(H,58,68)(H,59,69)(H,60,66)(H,61,67);3*1H/t32-,33-,34+,35+,36-,37-,43+,44+,47+,48+;;;/m1.../s1. The number of nitrogens with two attached hydrogens (primary N) is 1. The third kappa shape index (κ3) is 16.7. The molecule has 0 radical (unpaired) electrons. The summed E-state index contributed by atoms with van der Waals surface area (Å²) in [7, 11) is 3.29. The van der Waals surface area contributed by atoms with Gasteiger partial charge in [-0.1, -0.05) is 88.4 Å². The first-order valence-electron chi connectivity index (χ1n) is 24.9. The molecule has 0 aromatic heterocycles. The number of amides is 6. The van der Waals surface area contributed by atoms with Gasteiger partial charge in [0.05, 0.1) is 24.2 Å². The third-order valence-corrected chi connectivity index (χ3v) is 13.9. The summed E-state index contributed by atoms with van der Waals surface area (Å²) in [6.07, 6.45) is 0.228. The van der Waals surface area contributed by atoms with Gasteiger partial charge in [0.25, 0.3) is 0 Å². The Labute approximate surface area is 455 Å². The number of Topliss-reactive ketones (excluding diaryl/α,β-unsaturated/α-hetero) is 2. The van der Waals surface area contributed by atoms with Crippen molar-refractivity contribution in [1.29, 1.82) is 0 Å². The van der Waals surface area contributed by atoms with Crippen molar-refractivity contribution in [2.45, 2.75) is 129 Å². The summed E-state index contributed by atoms with van der Waals surface area (Å²) in [6, 6.07) is 17.7. The Hall–Kier alpha value is -5.59. The molecule has 2 fully saturated rings. The second-order valence-corrected chi connectivity index (χ2v) is 20.1. The van der Waals surface area contributed by atoms with Crippen LogP contribution in [0, 0.1) is 23.7 Å². The molecule has 2 aliphatic rings. The van der Waals surface area contributed by atoms with Gasteiger partial charge in [0, 0.05) is 42.7 Å². The zero-order valence-corrected chi connectivity index (χ0v) is 46.6. The van der Waals surface area contributed by atoms with Crippen molar-refractivity contribution in [3.8, 4) is 0 Å². The quantitative estimate of drug-likeness (QED) is 0.0499. The highest BCUT2D eigenvalue weighted by Gasteiger charge is 2.45. The van der Waals surface area contributed by atoms with Crippen LogP contribution < -0.4 is 37.6 Å². The zero-order valence-electron chi connectivity index (χ0n) is 44.1. The van der Waals surface area contributed by atoms with Crippen LogP contribution in [0.5, 0.6) is 0 Å². The van der Waals surface area contributed by atoms with Crippen LogP contribution in [0.3, 0.4) is 0 Å². The number of nitrogens with one attached hydrogen (secondary N) is 6. The van der Waals surface area contributed by atoms with Gasteiger partial charge in [0.1, 0.15) is 24.2 Å². The number of nitrogen functional groups attached to an aromatic ring is 1. The lowest BCUT2D eigenvalue weighted by Crippen LogP contribution is -2.57. The summed E-state index contributed by atoms with van der Waals surface area (Å²) < 4.78 is 0. The average Bonchev–Trinajstić information content (AvgIpc) is 3.98. The first-order chi connectivity index (χ1) is 33.6. The van der Waals surface area contributed by atoms with Crippen molar-refractivity contribution in [3.63, 3.8) is 0 Å². The SMILES string of the molecule is CN[C@@H](C)C(=O)N[C@H](C(=O)N1C[C@@H](CC(=O)c2cc(N)cc(C(=O)C[C@H]3C[C@@H](C(=O)N[C@H](C)c4ccccc4)N(C(=O)[C@@H](NC(=O)[C@H](C)NC)C(C)C)C3)c2)C[C@H]1C(=O)N[C@H](C)c1ccccc1)C(C)C.Cl.Cl.Cl. The summed E-state index contributed by atoms with van der Waals surface area (Å²) in [5.74, 6) is -4.58. The molecule has 2 saturated heterocycles. The molecule has 0 aliphatic carbocycles. The number of halogens is 3. The minimum absolute atomic E-state index is 0. The first-order valence-corrected chi connectivity index (χ1v) is 24.9. The lowest BCUT2D eigenvalue weighted by atomic mass is 9.92. The van der Waals surface area contributed by atoms with Gasteiger partial charge in [-0.05, 0) is 108 Å². The molecule has 408 valence electrons. The predicted octanol–water partition coefficient (Wildman–Crippen LogP) is 5.37. The molecule has 3 aromatic rings. The average molecular weight is 1090 g/mol. The van der Waals surface area contributed by atoms with Gasteiger partial charge in [-0.2, -0.15) is 0 Å². The number of likely N-dealkylation sites (N-methyl/N-ethyl adjacent to an activating group) is 2. The van der Waals surface area contributed by atoms with E-state index in [-0.39, 0.29) is 152 Å². The summed E-state index contributed by atoms with van der Waals surface area (Å²) in [4.78, 5) is 114. The fraction of sp³-hybridized carbons (Fsp3) is 0.519. The Morgan fingerprint density at radius 1 is 0.527 bits per heavy atom. The van der Waals surface area contributed by atoms with E-state index in [1.165, 1.54) is 28.0 Å². The van der Waals surface area contributed by atoms with Crippen molar-refractivity contribution in [1.82, 2.24) is 41.7 Å². The van der Waals surface area contributed by atoms with Gasteiger partial charge in [-0.3, -0.25) is 38.4 Å². The lowest BCUT2D eigenvalue weighted by Gasteiger charge is -2.31. The number of hydrogen-bond donors (Lipinski definition) is 7. The Balaban J connectivity index is 0.00000625. The number of benzene rings is 3. The van der Waals surface area contributed by atoms with Crippen molar-refractivity contribution >= 4 is 89.9 Å². The van der Waals surface area contributed by atoms with Gasteiger partial charge in [0.15, 0.2) is 11.6 Å². The first kappa shape index (κ1) is 64.5. The van der Waals surface area contributed by atoms with Crippen molar-refractivity contribution in [2.24, 2.45) is 23.7 Å². The Kier molecular flexibility index (Phi) is 25.7. The van der Waals surface area contributed by atoms with E-state index in [1.54, 1.807) is 27.9 Å². The molecule has 6 amide bonds. The molecule has 2 heterocycles. The highest BCUT2D eigenvalue weighted by atomic mass is 35.5. The van der Waals surface area contributed by atoms with E-state index < -0.39 is 59.9 Å². The monoisotopic (exact) mass is 1090 g/mol. The molecular weight excluding hydrogens is 1010 g/mol. The molecular formula is C54H78Cl3N9O8. The Morgan fingerprint density at radius 2 is 0.865 bits per heavy atom. The number of anilines is 1. The maximum absolute atomic E-state index is 14.4. The molecule has 0 bridgehead atoms. The molecule has 17 nitrogen and oxygen atoms in total. The van der Waals surface area contributed by atoms with Crippen LogP contribution in [0.25, 0.3) is 0 Å². The van der Waals surface area contributed by atoms with Gasteiger partial charge < -0.3 is 47.4 Å². The summed E-state index contributed by atoms with van der Waals surface area (Å²) in [5.41, 5.74) is 8.67. The van der Waals surface area contributed by atoms with Gasteiger partial charge in [-0.15, -0.1) is 37.2 Å². The van der Waals surface area contributed by atoms with Crippen LogP contribution >= 0.6 is 37.2 Å². The fourth-order valence-corrected chi connectivity index (χ4v) is 9.33. The molecule has 2 aliphatic heterocycles. The highest BCUT2D eigenvalue weighted by Crippen LogP contribution is 2.33. The predicted molar refractivity (Wildman–Crippen MR) is 294 cm³/mol. The number of rotatable bonds is 22. The summed E-state index contributed by atoms with van der Waals surface area (Å²) in [5, 5.41) is 17.6. The van der Waals surface area contributed by atoms with E-state index in [0.717, 1.165) is 11.1 Å². The number of carbonyl (C=O) groups is 8. The molecule has 20 heteroatoms. The number of carbonyl (C=O) groups excluding carboxylic acids is 8. The van der Waals surface area contributed by atoms with Crippen LogP contribution in [-0.2, 0) is 28.8 Å². The minimum Gasteiger partial charge on any atom is -0.399 e. The highest BCUT2D eigenvalue weighted by molar-refractivity contribution is 6.03. The molecule has 0 spiro atoms. The Bertz CT molecular complexity index is 2240. The largest absolute Gasteiger partial charge is 0.399 e. The van der Waals surface area contributed by atoms with Crippen LogP contribution in [0.1, 0.15) is 125 Å². The van der Waals surface area contributed by atoms with Crippen molar-refractivity contribution in [2.75, 3.05) is 32.9 Å². The van der Waals surface area contributed by atoms with E-state index in [2.05, 4.69) is 31.9 Å². The maximum atomic E-state index is 14.4. The van der Waals surface area contributed by atoms with Crippen LogP contribution in [0.15, 0.2) is 78.9 Å². The third-order valence-electron chi connectivity index (χ3n) is 13.9. The van der Waals surface area contributed by atoms with E-state index in [0.29, 0.717) is 0 Å². The smallest absolute Gasteiger partial charge is 0.246 e. The number of nitrogens with zero attached hydrogens (tertiary/aromatic N) is 2. The molecule has 10 atom stereocenters. The molecule has 3 aromatic carbocycles. The normalized spacial score (nSPS) is 19.5. The van der Waals surface area contributed by atoms with E-state index in [4.69, 9.17) is 5.73 Å². The minimum atomic E-state index is -0.936. The molecule has 0 saturated carbocycles. The number of ketones is 2. The van der Waals surface area contributed by atoms with Crippen LogP contribution in [0.2, 0.25) is 0 Å². The molecule has 0 unspecified atom stereocenters. The number of hydrogen-bond acceptors (Lipinski definition) is 11. The summed E-state index contributed by atoms with van der Waals surface area (Å²) >= 11 is 0. The van der Waals surface area contributed by atoms with Gasteiger partial charge in [0.2, 0.25) is 35.4 Å². The second-order valence-electron chi connectivity index (χ2n) is 20.1. The van der Waals surface area contributed by atoms with Crippen LogP contribution in [0.4, 0.5) is 5.69 Å². The van der Waals surface area contributed by atoms with E-state index in [1.807, 2.05) is 102 Å². The van der Waals surface area contributed by atoms with E-state index >= 15 is 0 Å². The van der Waals surface area contributed by atoms with Gasteiger partial charge >= 0.3 is 0 Å². The fourth-order valence-electron chi connectivity index (χ4n) is 9.33. The number of likely N-dealkylation sites (tertiary alicyclic amines) is 2. The van der Waals surface area contributed by atoms with Crippen LogP contribution in [-0.4, -0.2) is 120 Å². The Morgan fingerprint density at radius 3 is 1.18 bits per heavy atom. The van der Waals surface area contributed by atoms with Gasteiger partial charge in [-0.25, -0.2) is 0 Å². The second kappa shape index (κ2) is 29.5. The van der Waals surface area contributed by atoms with Crippen molar-refractivity contribution < 1.29 is 38.4 Å². The van der Waals surface area contributed by atoms with Crippen molar-refractivity contribution in [3.05, 3.63) is 101 Å².